The van der Waals surface area contributed by atoms with E-state index in [-0.39, 0.29) is 23.5 Å². The van der Waals surface area contributed by atoms with E-state index in [4.69, 9.17) is 4.74 Å². The number of phenolic OH excluding ortho intramolecular Hbond substituents is 1. The lowest BCUT2D eigenvalue weighted by atomic mass is 9.93. The molecule has 1 atom stereocenters. The Morgan fingerprint density at radius 2 is 1.86 bits per heavy atom. The molecule has 2 N–H and O–H groups in total. The molecular weight excluding hydrogens is 370 g/mol. The van der Waals surface area contributed by atoms with Crippen molar-refractivity contribution in [1.82, 2.24) is 4.90 Å². The summed E-state index contributed by atoms with van der Waals surface area (Å²) in [6.45, 7) is 2.30. The second kappa shape index (κ2) is 8.82. The molecule has 0 fully saturated rings. The van der Waals surface area contributed by atoms with Crippen molar-refractivity contribution in [3.05, 3.63) is 71.0 Å². The van der Waals surface area contributed by atoms with Crippen LogP contribution in [-0.2, 0) is 16.0 Å². The number of hydrogen-bond acceptors (Lipinski definition) is 5. The molecule has 6 nitrogen and oxygen atoms in total. The maximum Gasteiger partial charge on any atom is 0.290 e. The molecule has 0 bridgehead atoms. The normalized spacial score (nSPS) is 16.4. The van der Waals surface area contributed by atoms with Crippen LogP contribution in [0.5, 0.6) is 11.5 Å². The Kier molecular flexibility index (Phi) is 6.22. The third-order valence-electron chi connectivity index (χ3n) is 5.07. The topological polar surface area (TPSA) is 87.1 Å². The SMILES string of the molecule is CCCN1C(=O)C(O)=C(C(=O)CCc2ccccc2)C1c1ccc(OC)c(O)c1. The molecule has 0 aliphatic carbocycles. The number of aryl methyl sites for hydroxylation is 1. The van der Waals surface area contributed by atoms with Crippen LogP contribution < -0.4 is 4.74 Å². The number of Topliss-reactive ketones (excluding diaryl/α,β-unsaturated/α-hetero) is 1. The average Bonchev–Trinajstić information content (AvgIpc) is 2.98. The van der Waals surface area contributed by atoms with Gasteiger partial charge in [0, 0.05) is 13.0 Å². The van der Waals surface area contributed by atoms with Crippen LogP contribution in [-0.4, -0.2) is 40.5 Å². The van der Waals surface area contributed by atoms with Gasteiger partial charge in [0.15, 0.2) is 23.0 Å². The Labute approximate surface area is 170 Å². The minimum atomic E-state index is -0.734. The Bertz CT molecular complexity index is 936. The van der Waals surface area contributed by atoms with E-state index in [0.29, 0.717) is 30.7 Å². The molecule has 1 heterocycles. The van der Waals surface area contributed by atoms with E-state index in [9.17, 15) is 19.8 Å². The van der Waals surface area contributed by atoms with Gasteiger partial charge in [-0.3, -0.25) is 9.59 Å². The fraction of sp³-hybridized carbons (Fsp3) is 0.304. The lowest BCUT2D eigenvalue weighted by molar-refractivity contribution is -0.129. The first-order valence-corrected chi connectivity index (χ1v) is 9.66. The molecule has 0 spiro atoms. The van der Waals surface area contributed by atoms with Gasteiger partial charge in [0.05, 0.1) is 18.7 Å². The highest BCUT2D eigenvalue weighted by molar-refractivity contribution is 6.09. The third kappa shape index (κ3) is 4.11. The maximum absolute atomic E-state index is 13.0. The molecule has 152 valence electrons. The van der Waals surface area contributed by atoms with E-state index in [2.05, 4.69) is 0 Å². The first kappa shape index (κ1) is 20.5. The van der Waals surface area contributed by atoms with Gasteiger partial charge in [-0.1, -0.05) is 43.3 Å². The predicted molar refractivity (Wildman–Crippen MR) is 109 cm³/mol. The van der Waals surface area contributed by atoms with Crippen molar-refractivity contribution < 1.29 is 24.5 Å². The number of aliphatic hydroxyl groups excluding tert-OH is 1. The molecule has 1 aliphatic heterocycles. The van der Waals surface area contributed by atoms with Crippen molar-refractivity contribution in [2.45, 2.75) is 32.2 Å². The molecule has 1 unspecified atom stereocenters. The number of carbonyl (C=O) groups excluding carboxylic acids is 2. The minimum absolute atomic E-state index is 0.0867. The van der Waals surface area contributed by atoms with Crippen LogP contribution in [0, 0.1) is 0 Å². The lowest BCUT2D eigenvalue weighted by Crippen LogP contribution is -2.31. The highest BCUT2D eigenvalue weighted by Gasteiger charge is 2.42. The monoisotopic (exact) mass is 395 g/mol. The summed E-state index contributed by atoms with van der Waals surface area (Å²) < 4.78 is 5.08. The number of aliphatic hydroxyl groups is 1. The van der Waals surface area contributed by atoms with E-state index >= 15 is 0 Å². The smallest absolute Gasteiger partial charge is 0.290 e. The van der Waals surface area contributed by atoms with Gasteiger partial charge in [-0.15, -0.1) is 0 Å². The molecule has 2 aromatic carbocycles. The fourth-order valence-electron chi connectivity index (χ4n) is 3.67. The van der Waals surface area contributed by atoms with Gasteiger partial charge in [-0.25, -0.2) is 0 Å². The molecular formula is C23H25NO5. The molecule has 1 aliphatic rings. The van der Waals surface area contributed by atoms with E-state index in [0.717, 1.165) is 5.56 Å². The average molecular weight is 395 g/mol. The highest BCUT2D eigenvalue weighted by Crippen LogP contribution is 2.41. The maximum atomic E-state index is 13.0. The van der Waals surface area contributed by atoms with Crippen molar-refractivity contribution in [3.63, 3.8) is 0 Å². The number of nitrogens with zero attached hydrogens (tertiary/aromatic N) is 1. The number of benzene rings is 2. The standard InChI is InChI=1S/C23H25NO5/c1-3-13-24-21(16-10-12-19(29-2)18(26)14-16)20(22(27)23(24)28)17(25)11-9-15-7-5-4-6-8-15/h4-8,10,12,14,21,26-27H,3,9,11,13H2,1-2H3. The van der Waals surface area contributed by atoms with Crippen molar-refractivity contribution in [1.29, 1.82) is 0 Å². The van der Waals surface area contributed by atoms with Gasteiger partial charge in [-0.2, -0.15) is 0 Å². The summed E-state index contributed by atoms with van der Waals surface area (Å²) in [5.41, 5.74) is 1.65. The quantitative estimate of drug-likeness (QED) is 0.712. The first-order valence-electron chi connectivity index (χ1n) is 9.66. The fourth-order valence-corrected chi connectivity index (χ4v) is 3.67. The van der Waals surface area contributed by atoms with E-state index < -0.39 is 17.7 Å². The number of rotatable bonds is 8. The van der Waals surface area contributed by atoms with Gasteiger partial charge in [-0.05, 0) is 36.1 Å². The van der Waals surface area contributed by atoms with E-state index in [1.54, 1.807) is 12.1 Å². The number of phenols is 1. The molecule has 3 rings (SSSR count). The molecule has 6 heteroatoms. The molecule has 0 saturated carbocycles. The van der Waals surface area contributed by atoms with Gasteiger partial charge >= 0.3 is 0 Å². The molecule has 29 heavy (non-hydrogen) atoms. The van der Waals surface area contributed by atoms with Crippen LogP contribution in [0.4, 0.5) is 0 Å². The van der Waals surface area contributed by atoms with Crippen LogP contribution in [0.1, 0.15) is 36.9 Å². The van der Waals surface area contributed by atoms with Crippen LogP contribution in [0.3, 0.4) is 0 Å². The van der Waals surface area contributed by atoms with Gasteiger partial charge in [0.1, 0.15) is 0 Å². The molecule has 0 radical (unpaired) electrons. The number of methoxy groups -OCH3 is 1. The number of amides is 1. The van der Waals surface area contributed by atoms with Gasteiger partial charge in [0.2, 0.25) is 0 Å². The summed E-state index contributed by atoms with van der Waals surface area (Å²) in [6.07, 6.45) is 1.36. The van der Waals surface area contributed by atoms with E-state index in [1.165, 1.54) is 18.1 Å². The zero-order valence-electron chi connectivity index (χ0n) is 16.6. The van der Waals surface area contributed by atoms with Crippen molar-refractivity contribution in [2.24, 2.45) is 0 Å². The molecule has 0 saturated heterocycles. The van der Waals surface area contributed by atoms with Crippen LogP contribution in [0.15, 0.2) is 59.9 Å². The largest absolute Gasteiger partial charge is 0.504 e. The number of hydrogen-bond donors (Lipinski definition) is 2. The second-order valence-electron chi connectivity index (χ2n) is 7.00. The number of ketones is 1. The second-order valence-corrected chi connectivity index (χ2v) is 7.00. The Hall–Kier alpha value is -3.28. The predicted octanol–water partition coefficient (Wildman–Crippen LogP) is 3.71. The van der Waals surface area contributed by atoms with Crippen molar-refractivity contribution >= 4 is 11.7 Å². The number of carbonyl (C=O) groups is 2. The first-order chi connectivity index (χ1) is 14.0. The zero-order chi connectivity index (χ0) is 21.0. The van der Waals surface area contributed by atoms with Crippen LogP contribution >= 0.6 is 0 Å². The summed E-state index contributed by atoms with van der Waals surface area (Å²) in [5, 5.41) is 20.7. The van der Waals surface area contributed by atoms with Crippen LogP contribution in [0.25, 0.3) is 0 Å². The summed E-state index contributed by atoms with van der Waals surface area (Å²) in [5.74, 6) is -1.13. The molecule has 1 amide bonds. The Morgan fingerprint density at radius 3 is 2.48 bits per heavy atom. The highest BCUT2D eigenvalue weighted by atomic mass is 16.5. The Balaban J connectivity index is 1.94. The summed E-state index contributed by atoms with van der Waals surface area (Å²) in [6, 6.07) is 13.6. The summed E-state index contributed by atoms with van der Waals surface area (Å²) in [7, 11) is 1.45. The van der Waals surface area contributed by atoms with Gasteiger partial charge < -0.3 is 19.8 Å². The van der Waals surface area contributed by atoms with Gasteiger partial charge in [0.25, 0.3) is 5.91 Å². The summed E-state index contributed by atoms with van der Waals surface area (Å²) in [4.78, 5) is 27.2. The minimum Gasteiger partial charge on any atom is -0.504 e. The number of aromatic hydroxyl groups is 1. The zero-order valence-corrected chi connectivity index (χ0v) is 16.6. The Morgan fingerprint density at radius 1 is 1.14 bits per heavy atom. The van der Waals surface area contributed by atoms with Crippen molar-refractivity contribution in [3.8, 4) is 11.5 Å². The lowest BCUT2D eigenvalue weighted by Gasteiger charge is -2.26. The number of ether oxygens (including phenoxy) is 1. The van der Waals surface area contributed by atoms with Crippen LogP contribution in [0.2, 0.25) is 0 Å². The van der Waals surface area contributed by atoms with Crippen molar-refractivity contribution in [2.75, 3.05) is 13.7 Å². The summed E-state index contributed by atoms with van der Waals surface area (Å²) >= 11 is 0. The third-order valence-corrected chi connectivity index (χ3v) is 5.07. The van der Waals surface area contributed by atoms with E-state index in [1.807, 2.05) is 37.3 Å². The molecule has 0 aromatic heterocycles. The molecule has 2 aromatic rings.